The molecular weight excluding hydrogens is 448 g/mol. The molecule has 4 rings (SSSR count). The van der Waals surface area contributed by atoms with E-state index in [1.807, 2.05) is 0 Å². The molecule has 34 heavy (non-hydrogen) atoms. The minimum absolute atomic E-state index is 0.0210. The number of rotatable bonds is 6. The summed E-state index contributed by atoms with van der Waals surface area (Å²) in [6.45, 7) is 1.55. The molecular formula is C23H22N2O9. The number of ether oxygens (including phenoxy) is 3. The third-order valence-corrected chi connectivity index (χ3v) is 5.67. The summed E-state index contributed by atoms with van der Waals surface area (Å²) in [4.78, 5) is 52.5. The van der Waals surface area contributed by atoms with Crippen molar-refractivity contribution in [1.29, 1.82) is 0 Å². The Morgan fingerprint density at radius 2 is 1.82 bits per heavy atom. The van der Waals surface area contributed by atoms with Crippen LogP contribution in [0.2, 0.25) is 0 Å². The summed E-state index contributed by atoms with van der Waals surface area (Å²) >= 11 is 0. The van der Waals surface area contributed by atoms with Crippen molar-refractivity contribution in [3.63, 3.8) is 0 Å². The zero-order chi connectivity index (χ0) is 24.6. The highest BCUT2D eigenvalue weighted by molar-refractivity contribution is 5.83. The third-order valence-electron chi connectivity index (χ3n) is 5.67. The van der Waals surface area contributed by atoms with Gasteiger partial charge in [0.15, 0.2) is 11.5 Å². The van der Waals surface area contributed by atoms with E-state index in [1.165, 1.54) is 19.1 Å². The highest BCUT2D eigenvalue weighted by atomic mass is 16.6. The van der Waals surface area contributed by atoms with Gasteiger partial charge in [0.2, 0.25) is 0 Å². The number of hydrogen-bond acceptors (Lipinski definition) is 8. The van der Waals surface area contributed by atoms with Crippen LogP contribution in [0.3, 0.4) is 0 Å². The molecule has 1 aromatic carbocycles. The maximum Gasteiger partial charge on any atom is 0.323 e. The van der Waals surface area contributed by atoms with Gasteiger partial charge in [-0.25, -0.2) is 0 Å². The number of carboxylic acid groups (broad SMARTS) is 1. The Labute approximate surface area is 192 Å². The second-order valence-corrected chi connectivity index (χ2v) is 7.84. The predicted octanol–water partition coefficient (Wildman–Crippen LogP) is 1.25. The van der Waals surface area contributed by atoms with Crippen LogP contribution in [0.25, 0.3) is 10.9 Å². The zero-order valence-corrected chi connectivity index (χ0v) is 18.4. The fourth-order valence-corrected chi connectivity index (χ4v) is 4.06. The van der Waals surface area contributed by atoms with Gasteiger partial charge < -0.3 is 34.0 Å². The number of aryl methyl sites for hydroxylation is 1. The second kappa shape index (κ2) is 8.93. The van der Waals surface area contributed by atoms with Crippen molar-refractivity contribution >= 4 is 22.8 Å². The first-order valence-corrected chi connectivity index (χ1v) is 10.4. The average Bonchev–Trinajstić information content (AvgIpc) is 2.79. The minimum Gasteiger partial charge on any atom is -0.507 e. The van der Waals surface area contributed by atoms with E-state index < -0.39 is 47.7 Å². The zero-order valence-electron chi connectivity index (χ0n) is 18.4. The number of benzene rings is 1. The van der Waals surface area contributed by atoms with E-state index >= 15 is 0 Å². The van der Waals surface area contributed by atoms with Gasteiger partial charge in [0.1, 0.15) is 25.5 Å². The quantitative estimate of drug-likeness (QED) is 0.451. The predicted molar refractivity (Wildman–Crippen MR) is 119 cm³/mol. The molecule has 0 bridgehead atoms. The van der Waals surface area contributed by atoms with E-state index in [0.29, 0.717) is 35.6 Å². The van der Waals surface area contributed by atoms with E-state index in [9.17, 15) is 29.4 Å². The van der Waals surface area contributed by atoms with Crippen molar-refractivity contribution in [3.05, 3.63) is 61.8 Å². The van der Waals surface area contributed by atoms with Crippen molar-refractivity contribution in [3.8, 4) is 17.2 Å². The molecule has 0 aliphatic carbocycles. The molecule has 1 aliphatic heterocycles. The number of aromatic nitrogens is 2. The Kier molecular flexibility index (Phi) is 6.01. The normalized spacial score (nSPS) is 13.5. The molecule has 0 spiro atoms. The van der Waals surface area contributed by atoms with E-state index in [1.54, 1.807) is 12.1 Å². The molecule has 11 nitrogen and oxygen atoms in total. The third kappa shape index (κ3) is 4.19. The summed E-state index contributed by atoms with van der Waals surface area (Å²) in [6.07, 6.45) is -0.436. The Morgan fingerprint density at radius 1 is 1.15 bits per heavy atom. The van der Waals surface area contributed by atoms with Gasteiger partial charge in [0.25, 0.3) is 11.1 Å². The molecule has 0 fully saturated rings. The SMILES string of the molecule is COC(=O)C[C@@H](c1cc2cc3c(cc2[nH]c1=O)OCCO3)c1c(O)cc(C)n(CC(=O)O)c1=O. The largest absolute Gasteiger partial charge is 0.507 e. The van der Waals surface area contributed by atoms with Gasteiger partial charge >= 0.3 is 11.9 Å². The molecule has 0 saturated heterocycles. The summed E-state index contributed by atoms with van der Waals surface area (Å²) in [5.74, 6) is -2.70. The summed E-state index contributed by atoms with van der Waals surface area (Å²) in [6, 6.07) is 6.00. The molecule has 0 saturated carbocycles. The number of esters is 1. The lowest BCUT2D eigenvalue weighted by molar-refractivity contribution is -0.141. The minimum atomic E-state index is -1.26. The van der Waals surface area contributed by atoms with Crippen LogP contribution < -0.4 is 20.6 Å². The van der Waals surface area contributed by atoms with Crippen LogP contribution in [0.1, 0.15) is 29.2 Å². The number of carbonyl (C=O) groups excluding carboxylic acids is 1. The smallest absolute Gasteiger partial charge is 0.323 e. The molecule has 11 heteroatoms. The monoisotopic (exact) mass is 470 g/mol. The average molecular weight is 470 g/mol. The topological polar surface area (TPSA) is 157 Å². The van der Waals surface area contributed by atoms with Gasteiger partial charge in [0.05, 0.1) is 24.6 Å². The molecule has 3 N–H and O–H groups in total. The van der Waals surface area contributed by atoms with Crippen LogP contribution in [0.15, 0.2) is 33.9 Å². The number of nitrogens with zero attached hydrogens (tertiary/aromatic N) is 1. The fourth-order valence-electron chi connectivity index (χ4n) is 4.06. The van der Waals surface area contributed by atoms with Gasteiger partial charge in [-0.05, 0) is 25.1 Å². The molecule has 0 radical (unpaired) electrons. The van der Waals surface area contributed by atoms with E-state index in [0.717, 1.165) is 11.7 Å². The van der Waals surface area contributed by atoms with E-state index in [-0.39, 0.29) is 16.8 Å². The Bertz CT molecular complexity index is 1420. The van der Waals surface area contributed by atoms with Crippen LogP contribution in [0.4, 0.5) is 0 Å². The lowest BCUT2D eigenvalue weighted by Gasteiger charge is -2.21. The summed E-state index contributed by atoms with van der Waals surface area (Å²) < 4.78 is 16.8. The molecule has 1 aliphatic rings. The summed E-state index contributed by atoms with van der Waals surface area (Å²) in [7, 11) is 1.16. The Balaban J connectivity index is 1.95. The summed E-state index contributed by atoms with van der Waals surface area (Å²) in [5, 5.41) is 20.4. The van der Waals surface area contributed by atoms with Crippen molar-refractivity contribution < 1.29 is 34.0 Å². The number of methoxy groups -OCH3 is 1. The van der Waals surface area contributed by atoms with Gasteiger partial charge in [-0.15, -0.1) is 0 Å². The number of hydrogen-bond donors (Lipinski definition) is 3. The number of carbonyl (C=O) groups is 2. The molecule has 178 valence electrons. The van der Waals surface area contributed by atoms with Gasteiger partial charge in [-0.2, -0.15) is 0 Å². The lowest BCUT2D eigenvalue weighted by Crippen LogP contribution is -2.32. The van der Waals surface area contributed by atoms with Crippen LogP contribution in [0.5, 0.6) is 17.2 Å². The Morgan fingerprint density at radius 3 is 2.47 bits per heavy atom. The van der Waals surface area contributed by atoms with Crippen LogP contribution in [0, 0.1) is 6.92 Å². The molecule has 3 heterocycles. The first kappa shape index (κ1) is 22.9. The van der Waals surface area contributed by atoms with Crippen molar-refractivity contribution in [2.75, 3.05) is 20.3 Å². The molecule has 0 amide bonds. The number of nitrogens with one attached hydrogen (secondary N) is 1. The standard InChI is InChI=1S/C23H22N2O9/c1-11-5-16(26)21(23(31)25(11)10-19(27)28)13(8-20(29)32-2)14-6-12-7-17-18(34-4-3-33-17)9-15(12)24-22(14)30/h5-7,9,13,26H,3-4,8,10H2,1-2H3,(H,24,30)(H,27,28)/t13-/m0/s1. The summed E-state index contributed by atoms with van der Waals surface area (Å²) in [5.41, 5.74) is -1.02. The lowest BCUT2D eigenvalue weighted by atomic mass is 9.88. The number of aliphatic carboxylic acids is 1. The fraction of sp³-hybridized carbons (Fsp3) is 0.304. The molecule has 2 aromatic heterocycles. The Hall–Kier alpha value is -4.28. The first-order valence-electron chi connectivity index (χ1n) is 10.4. The van der Waals surface area contributed by atoms with Gasteiger partial charge in [0, 0.05) is 28.6 Å². The second-order valence-electron chi connectivity index (χ2n) is 7.84. The number of fused-ring (bicyclic) bond motifs is 2. The highest BCUT2D eigenvalue weighted by Gasteiger charge is 2.29. The molecule has 1 atom stereocenters. The van der Waals surface area contributed by atoms with Crippen LogP contribution in [-0.4, -0.2) is 52.0 Å². The molecule has 3 aromatic rings. The maximum atomic E-state index is 13.2. The van der Waals surface area contributed by atoms with Crippen LogP contribution >= 0.6 is 0 Å². The van der Waals surface area contributed by atoms with Crippen LogP contribution in [-0.2, 0) is 20.9 Å². The number of carboxylic acids is 1. The molecule has 0 unspecified atom stereocenters. The number of pyridine rings is 2. The number of H-pyrrole nitrogens is 1. The van der Waals surface area contributed by atoms with Crippen molar-refractivity contribution in [1.82, 2.24) is 9.55 Å². The van der Waals surface area contributed by atoms with E-state index in [2.05, 4.69) is 4.98 Å². The first-order chi connectivity index (χ1) is 16.2. The van der Waals surface area contributed by atoms with Crippen molar-refractivity contribution in [2.24, 2.45) is 0 Å². The number of aromatic hydroxyl groups is 1. The number of aromatic amines is 1. The van der Waals surface area contributed by atoms with Gasteiger partial charge in [-0.1, -0.05) is 0 Å². The van der Waals surface area contributed by atoms with Gasteiger partial charge in [-0.3, -0.25) is 19.2 Å². The van der Waals surface area contributed by atoms with Crippen molar-refractivity contribution in [2.45, 2.75) is 25.8 Å². The highest BCUT2D eigenvalue weighted by Crippen LogP contribution is 2.36. The van der Waals surface area contributed by atoms with E-state index in [4.69, 9.17) is 14.2 Å². The maximum absolute atomic E-state index is 13.2.